The lowest BCUT2D eigenvalue weighted by Crippen LogP contribution is -2.15. The van der Waals surface area contributed by atoms with Crippen LogP contribution in [0, 0.1) is 0 Å². The van der Waals surface area contributed by atoms with E-state index in [1.807, 2.05) is 30.3 Å². The van der Waals surface area contributed by atoms with Gasteiger partial charge < -0.3 is 14.7 Å². The molecule has 0 bridgehead atoms. The van der Waals surface area contributed by atoms with E-state index in [-0.39, 0.29) is 18.9 Å². The minimum absolute atomic E-state index is 0.129. The van der Waals surface area contributed by atoms with Crippen LogP contribution in [0.3, 0.4) is 0 Å². The molecule has 1 N–H and O–H groups in total. The summed E-state index contributed by atoms with van der Waals surface area (Å²) < 4.78 is 5.41. The number of benzene rings is 2. The molecule has 0 aromatic heterocycles. The standard InChI is InChI=1S/C16H15NO4/c18-16(19)15(13-7-3-1-4-8-13)17-21-12-11-20-14-9-5-2-6-10-14/h1-10H,11-12H2,(H,18,19). The van der Waals surface area contributed by atoms with Crippen molar-refractivity contribution in [2.24, 2.45) is 5.16 Å². The molecule has 0 aliphatic heterocycles. The molecule has 0 spiro atoms. The van der Waals surface area contributed by atoms with E-state index in [0.717, 1.165) is 5.75 Å². The number of hydrogen-bond acceptors (Lipinski definition) is 4. The highest BCUT2D eigenvalue weighted by Crippen LogP contribution is 2.08. The predicted molar refractivity (Wildman–Crippen MR) is 78.5 cm³/mol. The van der Waals surface area contributed by atoms with Gasteiger partial charge in [-0.25, -0.2) is 4.79 Å². The average molecular weight is 285 g/mol. The molecule has 0 saturated carbocycles. The molecule has 21 heavy (non-hydrogen) atoms. The van der Waals surface area contributed by atoms with Crippen molar-refractivity contribution in [1.82, 2.24) is 0 Å². The van der Waals surface area contributed by atoms with Gasteiger partial charge in [0.15, 0.2) is 12.3 Å². The topological polar surface area (TPSA) is 68.1 Å². The average Bonchev–Trinajstić information content (AvgIpc) is 2.52. The van der Waals surface area contributed by atoms with Crippen LogP contribution in [0.5, 0.6) is 5.75 Å². The van der Waals surface area contributed by atoms with E-state index in [1.54, 1.807) is 30.3 Å². The Balaban J connectivity index is 1.85. The number of hydrogen-bond donors (Lipinski definition) is 1. The van der Waals surface area contributed by atoms with Gasteiger partial charge in [0, 0.05) is 5.56 Å². The summed E-state index contributed by atoms with van der Waals surface area (Å²) in [7, 11) is 0. The Labute approximate surface area is 122 Å². The Morgan fingerprint density at radius 1 is 0.952 bits per heavy atom. The summed E-state index contributed by atoms with van der Waals surface area (Å²) in [6.07, 6.45) is 0. The smallest absolute Gasteiger partial charge is 0.358 e. The number of para-hydroxylation sites is 1. The number of carboxylic acid groups (broad SMARTS) is 1. The van der Waals surface area contributed by atoms with Crippen molar-refractivity contribution < 1.29 is 19.5 Å². The first-order valence-corrected chi connectivity index (χ1v) is 6.44. The van der Waals surface area contributed by atoms with Gasteiger partial charge in [-0.2, -0.15) is 0 Å². The van der Waals surface area contributed by atoms with E-state index >= 15 is 0 Å². The Morgan fingerprint density at radius 2 is 1.57 bits per heavy atom. The van der Waals surface area contributed by atoms with Gasteiger partial charge in [0.05, 0.1) is 0 Å². The Bertz CT molecular complexity index is 596. The first-order chi connectivity index (χ1) is 10.3. The van der Waals surface area contributed by atoms with E-state index in [2.05, 4.69) is 5.16 Å². The van der Waals surface area contributed by atoms with E-state index < -0.39 is 5.97 Å². The molecule has 5 heteroatoms. The summed E-state index contributed by atoms with van der Waals surface area (Å²) in [5.74, 6) is -0.406. The summed E-state index contributed by atoms with van der Waals surface area (Å²) in [5, 5.41) is 12.8. The normalized spacial score (nSPS) is 11.0. The molecule has 2 aromatic carbocycles. The predicted octanol–water partition coefficient (Wildman–Crippen LogP) is 2.57. The molecule has 2 aromatic rings. The molecule has 0 saturated heterocycles. The van der Waals surface area contributed by atoms with Crippen LogP contribution in [0.1, 0.15) is 5.56 Å². The van der Waals surface area contributed by atoms with Crippen molar-refractivity contribution in [1.29, 1.82) is 0 Å². The zero-order chi connectivity index (χ0) is 14.9. The molecule has 0 radical (unpaired) electrons. The Kier molecular flexibility index (Phi) is 5.34. The first kappa shape index (κ1) is 14.6. The third-order valence-electron chi connectivity index (χ3n) is 2.59. The fourth-order valence-electron chi connectivity index (χ4n) is 1.63. The third-order valence-corrected chi connectivity index (χ3v) is 2.59. The van der Waals surface area contributed by atoms with Crippen LogP contribution < -0.4 is 4.74 Å². The molecule has 0 heterocycles. The summed E-state index contributed by atoms with van der Waals surface area (Å²) in [6.45, 7) is 0.452. The minimum Gasteiger partial charge on any atom is -0.490 e. The van der Waals surface area contributed by atoms with Crippen LogP contribution in [0.4, 0.5) is 0 Å². The molecule has 0 amide bonds. The van der Waals surface area contributed by atoms with Gasteiger partial charge in [-0.1, -0.05) is 53.7 Å². The first-order valence-electron chi connectivity index (χ1n) is 6.44. The molecule has 5 nitrogen and oxygen atoms in total. The fraction of sp³-hybridized carbons (Fsp3) is 0.125. The van der Waals surface area contributed by atoms with Crippen molar-refractivity contribution in [3.05, 3.63) is 66.2 Å². The fourth-order valence-corrected chi connectivity index (χ4v) is 1.63. The van der Waals surface area contributed by atoms with Crippen LogP contribution >= 0.6 is 0 Å². The highest BCUT2D eigenvalue weighted by atomic mass is 16.6. The zero-order valence-corrected chi connectivity index (χ0v) is 11.3. The summed E-state index contributed by atoms with van der Waals surface area (Å²) in [6, 6.07) is 17.9. The molecule has 0 atom stereocenters. The number of carbonyl (C=O) groups is 1. The molecular formula is C16H15NO4. The van der Waals surface area contributed by atoms with Crippen LogP contribution in [-0.4, -0.2) is 30.0 Å². The Hall–Kier alpha value is -2.82. The van der Waals surface area contributed by atoms with Gasteiger partial charge in [0.2, 0.25) is 0 Å². The Morgan fingerprint density at radius 3 is 2.19 bits per heavy atom. The number of aliphatic carboxylic acids is 1. The largest absolute Gasteiger partial charge is 0.490 e. The van der Waals surface area contributed by atoms with Gasteiger partial charge in [0.25, 0.3) is 0 Å². The molecule has 2 rings (SSSR count). The minimum atomic E-state index is -1.13. The van der Waals surface area contributed by atoms with E-state index in [4.69, 9.17) is 14.7 Å². The van der Waals surface area contributed by atoms with Crippen LogP contribution in [-0.2, 0) is 9.63 Å². The summed E-state index contributed by atoms with van der Waals surface area (Å²) in [4.78, 5) is 16.2. The monoisotopic (exact) mass is 285 g/mol. The SMILES string of the molecule is O=C(O)C(=NOCCOc1ccccc1)c1ccccc1. The van der Waals surface area contributed by atoms with Crippen molar-refractivity contribution >= 4 is 11.7 Å². The highest BCUT2D eigenvalue weighted by Gasteiger charge is 2.12. The van der Waals surface area contributed by atoms with Crippen LogP contribution in [0.2, 0.25) is 0 Å². The van der Waals surface area contributed by atoms with E-state index in [0.29, 0.717) is 5.56 Å². The lowest BCUT2D eigenvalue weighted by atomic mass is 10.1. The molecule has 0 aliphatic carbocycles. The van der Waals surface area contributed by atoms with Crippen molar-refractivity contribution in [3.63, 3.8) is 0 Å². The van der Waals surface area contributed by atoms with Gasteiger partial charge in [-0.3, -0.25) is 0 Å². The molecular weight excluding hydrogens is 270 g/mol. The maximum Gasteiger partial charge on any atom is 0.358 e. The van der Waals surface area contributed by atoms with Crippen LogP contribution in [0.15, 0.2) is 65.8 Å². The second-order valence-electron chi connectivity index (χ2n) is 4.11. The number of oxime groups is 1. The van der Waals surface area contributed by atoms with Gasteiger partial charge >= 0.3 is 5.97 Å². The highest BCUT2D eigenvalue weighted by molar-refractivity contribution is 6.42. The lowest BCUT2D eigenvalue weighted by Gasteiger charge is -2.05. The van der Waals surface area contributed by atoms with Gasteiger partial charge in [-0.15, -0.1) is 0 Å². The van der Waals surface area contributed by atoms with Gasteiger partial charge in [0.1, 0.15) is 12.4 Å². The number of ether oxygens (including phenoxy) is 1. The zero-order valence-electron chi connectivity index (χ0n) is 11.3. The second kappa shape index (κ2) is 7.69. The number of nitrogens with zero attached hydrogens (tertiary/aromatic N) is 1. The maximum atomic E-state index is 11.1. The third kappa shape index (κ3) is 4.65. The molecule has 0 aliphatic rings. The number of carboxylic acids is 1. The molecule has 0 fully saturated rings. The van der Waals surface area contributed by atoms with Crippen molar-refractivity contribution in [3.8, 4) is 5.75 Å². The summed E-state index contributed by atoms with van der Waals surface area (Å²) >= 11 is 0. The molecule has 0 unspecified atom stereocenters. The molecule has 108 valence electrons. The van der Waals surface area contributed by atoms with E-state index in [9.17, 15) is 4.79 Å². The quantitative estimate of drug-likeness (QED) is 0.482. The number of rotatable bonds is 7. The van der Waals surface area contributed by atoms with Crippen LogP contribution in [0.25, 0.3) is 0 Å². The van der Waals surface area contributed by atoms with Gasteiger partial charge in [-0.05, 0) is 12.1 Å². The summed E-state index contributed by atoms with van der Waals surface area (Å²) in [5.41, 5.74) is 0.365. The maximum absolute atomic E-state index is 11.1. The van der Waals surface area contributed by atoms with E-state index in [1.165, 1.54) is 0 Å². The van der Waals surface area contributed by atoms with Crippen molar-refractivity contribution in [2.75, 3.05) is 13.2 Å². The lowest BCUT2D eigenvalue weighted by molar-refractivity contribution is -0.129. The second-order valence-corrected chi connectivity index (χ2v) is 4.11. The van der Waals surface area contributed by atoms with Crippen molar-refractivity contribution in [2.45, 2.75) is 0 Å².